The lowest BCUT2D eigenvalue weighted by atomic mass is 9.80. The second-order valence-corrected chi connectivity index (χ2v) is 9.39. The summed E-state index contributed by atoms with van der Waals surface area (Å²) in [6, 6.07) is 23.8. The number of nitrogens with one attached hydrogen (secondary N) is 2. The molecular formula is C29H34N2O3. The largest absolute Gasteiger partial charge is 0.481 e. The molecule has 0 unspecified atom stereocenters. The van der Waals surface area contributed by atoms with Crippen molar-refractivity contribution in [2.24, 2.45) is 0 Å². The van der Waals surface area contributed by atoms with Gasteiger partial charge in [-0.15, -0.1) is 0 Å². The molecule has 0 aromatic heterocycles. The monoisotopic (exact) mass is 458 g/mol. The first-order valence-corrected chi connectivity index (χ1v) is 12.3. The zero-order valence-electron chi connectivity index (χ0n) is 19.8. The van der Waals surface area contributed by atoms with Gasteiger partial charge in [0.15, 0.2) is 0 Å². The highest BCUT2D eigenvalue weighted by atomic mass is 16.4. The number of benzene rings is 3. The SMILES string of the molecule is C[C@@H](N[C@H]1CCC[C@H](c2ccc(C(=O)NCCCC(=O)O)cc2)C1)c1cccc2ccccc12. The van der Waals surface area contributed by atoms with Crippen molar-refractivity contribution in [1.29, 1.82) is 0 Å². The van der Waals surface area contributed by atoms with E-state index < -0.39 is 5.97 Å². The third-order valence-electron chi connectivity index (χ3n) is 6.95. The zero-order valence-corrected chi connectivity index (χ0v) is 19.8. The van der Waals surface area contributed by atoms with E-state index in [2.05, 4.69) is 72.2 Å². The summed E-state index contributed by atoms with van der Waals surface area (Å²) in [4.78, 5) is 22.9. The average molecular weight is 459 g/mol. The third kappa shape index (κ3) is 6.03. The second kappa shape index (κ2) is 11.3. The van der Waals surface area contributed by atoms with Crippen LogP contribution in [0.3, 0.4) is 0 Å². The maximum absolute atomic E-state index is 12.3. The summed E-state index contributed by atoms with van der Waals surface area (Å²) in [7, 11) is 0. The molecule has 3 aromatic carbocycles. The maximum atomic E-state index is 12.3. The summed E-state index contributed by atoms with van der Waals surface area (Å²) in [5.41, 5.74) is 3.25. The smallest absolute Gasteiger partial charge is 0.303 e. The van der Waals surface area contributed by atoms with Gasteiger partial charge < -0.3 is 15.7 Å². The summed E-state index contributed by atoms with van der Waals surface area (Å²) < 4.78 is 0. The Morgan fingerprint density at radius 1 is 1.00 bits per heavy atom. The first-order chi connectivity index (χ1) is 16.5. The van der Waals surface area contributed by atoms with E-state index in [1.165, 1.54) is 41.2 Å². The van der Waals surface area contributed by atoms with Crippen molar-refractivity contribution in [3.05, 3.63) is 83.4 Å². The topological polar surface area (TPSA) is 78.4 Å². The minimum atomic E-state index is -0.842. The molecule has 0 saturated heterocycles. The molecular weight excluding hydrogens is 424 g/mol. The van der Waals surface area contributed by atoms with Gasteiger partial charge in [-0.05, 0) is 72.6 Å². The highest BCUT2D eigenvalue weighted by molar-refractivity contribution is 5.94. The molecule has 0 bridgehead atoms. The predicted octanol–water partition coefficient (Wildman–Crippen LogP) is 5.81. The number of amides is 1. The first kappa shape index (κ1) is 24.0. The highest BCUT2D eigenvalue weighted by Gasteiger charge is 2.25. The van der Waals surface area contributed by atoms with Crippen LogP contribution in [-0.4, -0.2) is 29.6 Å². The van der Waals surface area contributed by atoms with Crippen molar-refractivity contribution in [2.45, 2.75) is 63.5 Å². The van der Waals surface area contributed by atoms with Crippen LogP contribution in [0.5, 0.6) is 0 Å². The van der Waals surface area contributed by atoms with Gasteiger partial charge in [-0.3, -0.25) is 9.59 Å². The summed E-state index contributed by atoms with van der Waals surface area (Å²) in [6.07, 6.45) is 5.14. The van der Waals surface area contributed by atoms with Crippen LogP contribution in [0, 0.1) is 0 Å². The van der Waals surface area contributed by atoms with Crippen LogP contribution < -0.4 is 10.6 Å². The molecule has 5 nitrogen and oxygen atoms in total. The molecule has 1 saturated carbocycles. The highest BCUT2D eigenvalue weighted by Crippen LogP contribution is 2.34. The Labute approximate surface area is 201 Å². The molecule has 3 atom stereocenters. The number of fused-ring (bicyclic) bond motifs is 1. The van der Waals surface area contributed by atoms with Crippen molar-refractivity contribution in [1.82, 2.24) is 10.6 Å². The lowest BCUT2D eigenvalue weighted by Crippen LogP contribution is -2.35. The van der Waals surface area contributed by atoms with Crippen molar-refractivity contribution < 1.29 is 14.7 Å². The molecule has 0 radical (unpaired) electrons. The fraction of sp³-hybridized carbons (Fsp3) is 0.379. The van der Waals surface area contributed by atoms with Gasteiger partial charge >= 0.3 is 5.97 Å². The summed E-state index contributed by atoms with van der Waals surface area (Å²) >= 11 is 0. The van der Waals surface area contributed by atoms with Crippen LogP contribution in [0.25, 0.3) is 10.8 Å². The summed E-state index contributed by atoms with van der Waals surface area (Å²) in [6.45, 7) is 2.63. The van der Waals surface area contributed by atoms with E-state index in [9.17, 15) is 9.59 Å². The third-order valence-corrected chi connectivity index (χ3v) is 6.95. The second-order valence-electron chi connectivity index (χ2n) is 9.39. The van der Waals surface area contributed by atoms with E-state index >= 15 is 0 Å². The van der Waals surface area contributed by atoms with Gasteiger partial charge in [-0.2, -0.15) is 0 Å². The quantitative estimate of drug-likeness (QED) is 0.354. The number of aliphatic carboxylic acids is 1. The van der Waals surface area contributed by atoms with Crippen LogP contribution in [0.1, 0.15) is 78.9 Å². The molecule has 3 N–H and O–H groups in total. The van der Waals surface area contributed by atoms with Gasteiger partial charge in [0.2, 0.25) is 0 Å². The number of carboxylic acids is 1. The Morgan fingerprint density at radius 3 is 2.56 bits per heavy atom. The van der Waals surface area contributed by atoms with Gasteiger partial charge in [-0.25, -0.2) is 0 Å². The van der Waals surface area contributed by atoms with E-state index in [0.29, 0.717) is 30.5 Å². The van der Waals surface area contributed by atoms with Crippen molar-refractivity contribution >= 4 is 22.6 Å². The molecule has 1 aliphatic rings. The Balaban J connectivity index is 1.34. The fourth-order valence-corrected chi connectivity index (χ4v) is 5.17. The first-order valence-electron chi connectivity index (χ1n) is 12.3. The normalized spacial score (nSPS) is 19.0. The van der Waals surface area contributed by atoms with Gasteiger partial charge in [0.25, 0.3) is 5.91 Å². The van der Waals surface area contributed by atoms with Crippen LogP contribution in [0.15, 0.2) is 66.7 Å². The molecule has 5 heteroatoms. The Bertz CT molecular complexity index is 1120. The molecule has 1 fully saturated rings. The Kier molecular flexibility index (Phi) is 7.96. The van der Waals surface area contributed by atoms with Gasteiger partial charge in [0, 0.05) is 30.6 Å². The lowest BCUT2D eigenvalue weighted by molar-refractivity contribution is -0.137. The van der Waals surface area contributed by atoms with Crippen LogP contribution in [0.4, 0.5) is 0 Å². The summed E-state index contributed by atoms with van der Waals surface area (Å²) in [5.74, 6) is -0.506. The Morgan fingerprint density at radius 2 is 1.76 bits per heavy atom. The number of hydrogen-bond donors (Lipinski definition) is 3. The molecule has 0 spiro atoms. The predicted molar refractivity (Wildman–Crippen MR) is 136 cm³/mol. The summed E-state index contributed by atoms with van der Waals surface area (Å²) in [5, 5.41) is 18.0. The Hall–Kier alpha value is -3.18. The number of rotatable bonds is 9. The number of carboxylic acid groups (broad SMARTS) is 1. The number of hydrogen-bond acceptors (Lipinski definition) is 3. The van der Waals surface area contributed by atoms with Gasteiger partial charge in [-0.1, -0.05) is 61.0 Å². The molecule has 0 heterocycles. The standard InChI is InChI=1S/C29H34N2O3/c1-20(26-12-5-8-22-7-2-3-11-27(22)26)31-25-10-4-9-24(19-25)21-14-16-23(17-15-21)29(34)30-18-6-13-28(32)33/h2-3,5,7-8,11-12,14-17,20,24-25,31H,4,6,9-10,13,18-19H2,1H3,(H,30,34)(H,32,33)/t20-,24+,25+/m1/s1. The fourth-order valence-electron chi connectivity index (χ4n) is 5.17. The van der Waals surface area contributed by atoms with Gasteiger partial charge in [0.1, 0.15) is 0 Å². The number of carbonyl (C=O) groups is 2. The van der Waals surface area contributed by atoms with Crippen LogP contribution in [0.2, 0.25) is 0 Å². The number of carbonyl (C=O) groups excluding carboxylic acids is 1. The van der Waals surface area contributed by atoms with E-state index in [1.807, 2.05) is 12.1 Å². The average Bonchev–Trinajstić information content (AvgIpc) is 2.86. The maximum Gasteiger partial charge on any atom is 0.303 e. The molecule has 1 amide bonds. The minimum Gasteiger partial charge on any atom is -0.481 e. The zero-order chi connectivity index (χ0) is 23.9. The van der Waals surface area contributed by atoms with E-state index in [4.69, 9.17) is 5.11 Å². The van der Waals surface area contributed by atoms with E-state index in [0.717, 1.165) is 6.42 Å². The van der Waals surface area contributed by atoms with Crippen molar-refractivity contribution in [2.75, 3.05) is 6.54 Å². The molecule has 0 aliphatic heterocycles. The van der Waals surface area contributed by atoms with Crippen LogP contribution >= 0.6 is 0 Å². The van der Waals surface area contributed by atoms with Crippen molar-refractivity contribution in [3.63, 3.8) is 0 Å². The van der Waals surface area contributed by atoms with E-state index in [-0.39, 0.29) is 18.4 Å². The van der Waals surface area contributed by atoms with Crippen molar-refractivity contribution in [3.8, 4) is 0 Å². The van der Waals surface area contributed by atoms with E-state index in [1.54, 1.807) is 0 Å². The van der Waals surface area contributed by atoms with Gasteiger partial charge in [0.05, 0.1) is 0 Å². The molecule has 3 aromatic rings. The molecule has 4 rings (SSSR count). The molecule has 178 valence electrons. The lowest BCUT2D eigenvalue weighted by Gasteiger charge is -2.32. The molecule has 34 heavy (non-hydrogen) atoms. The minimum absolute atomic E-state index is 0.0647. The molecule has 1 aliphatic carbocycles. The van der Waals surface area contributed by atoms with Crippen LogP contribution in [-0.2, 0) is 4.79 Å².